The van der Waals surface area contributed by atoms with Crippen LogP contribution in [0.2, 0.25) is 0 Å². The van der Waals surface area contributed by atoms with Crippen LogP contribution in [-0.2, 0) is 4.74 Å². The summed E-state index contributed by atoms with van der Waals surface area (Å²) in [5.74, 6) is 1.69. The van der Waals surface area contributed by atoms with E-state index in [-0.39, 0.29) is 0 Å². The number of morpholine rings is 1. The molecule has 1 fully saturated rings. The lowest BCUT2D eigenvalue weighted by atomic mass is 10.1. The van der Waals surface area contributed by atoms with E-state index in [2.05, 4.69) is 35.0 Å². The molecule has 0 amide bonds. The van der Waals surface area contributed by atoms with Crippen LogP contribution in [0.3, 0.4) is 0 Å². The molecule has 3 aromatic rings. The van der Waals surface area contributed by atoms with Crippen LogP contribution in [0.15, 0.2) is 48.5 Å². The second-order valence-corrected chi connectivity index (χ2v) is 7.58. The van der Waals surface area contributed by atoms with Crippen molar-refractivity contribution in [1.82, 2.24) is 4.98 Å². The lowest BCUT2D eigenvalue weighted by Gasteiger charge is -2.29. The molecule has 4 rings (SSSR count). The molecule has 4 nitrogen and oxygen atoms in total. The highest BCUT2D eigenvalue weighted by atomic mass is 32.1. The van der Waals surface area contributed by atoms with Gasteiger partial charge in [-0.2, -0.15) is 0 Å². The minimum atomic E-state index is 0.762. The third-order valence-electron chi connectivity index (χ3n) is 4.41. The van der Waals surface area contributed by atoms with Crippen LogP contribution in [0, 0.1) is 13.8 Å². The summed E-state index contributed by atoms with van der Waals surface area (Å²) < 4.78 is 11.6. The molecule has 0 bridgehead atoms. The molecule has 26 heavy (non-hydrogen) atoms. The van der Waals surface area contributed by atoms with Crippen LogP contribution in [-0.4, -0.2) is 31.3 Å². The minimum absolute atomic E-state index is 0.762. The molecule has 0 atom stereocenters. The first kappa shape index (κ1) is 17.1. The van der Waals surface area contributed by atoms with Crippen LogP contribution < -0.4 is 9.64 Å². The molecule has 1 aromatic heterocycles. The standard InChI is InChI=1S/C21H22N2O2S/c1-15-21(26-16(2)22-15)17-12-18(23-8-10-24-11-9-23)14-20(13-17)25-19-6-4-3-5-7-19/h3-7,12-14H,8-11H2,1-2H3. The predicted molar refractivity (Wildman–Crippen MR) is 107 cm³/mol. The smallest absolute Gasteiger partial charge is 0.130 e. The number of rotatable bonds is 4. The van der Waals surface area contributed by atoms with Gasteiger partial charge in [0.15, 0.2) is 0 Å². The third kappa shape index (κ3) is 3.74. The molecular weight excluding hydrogens is 344 g/mol. The van der Waals surface area contributed by atoms with Gasteiger partial charge in [-0.3, -0.25) is 0 Å². The molecule has 0 unspecified atom stereocenters. The largest absolute Gasteiger partial charge is 0.457 e. The van der Waals surface area contributed by atoms with Crippen molar-refractivity contribution in [2.24, 2.45) is 0 Å². The fourth-order valence-corrected chi connectivity index (χ4v) is 4.11. The van der Waals surface area contributed by atoms with Crippen molar-refractivity contribution < 1.29 is 9.47 Å². The van der Waals surface area contributed by atoms with Crippen LogP contribution in [0.25, 0.3) is 10.4 Å². The topological polar surface area (TPSA) is 34.6 Å². The van der Waals surface area contributed by atoms with Gasteiger partial charge in [-0.1, -0.05) is 18.2 Å². The fraction of sp³-hybridized carbons (Fsp3) is 0.286. The van der Waals surface area contributed by atoms with Gasteiger partial charge in [-0.15, -0.1) is 11.3 Å². The second-order valence-electron chi connectivity index (χ2n) is 6.38. The number of anilines is 1. The SMILES string of the molecule is Cc1nc(C)c(-c2cc(Oc3ccccc3)cc(N3CCOCC3)c2)s1. The summed E-state index contributed by atoms with van der Waals surface area (Å²) in [6.07, 6.45) is 0. The van der Waals surface area contributed by atoms with Crippen molar-refractivity contribution in [3.05, 3.63) is 59.2 Å². The Balaban J connectivity index is 1.75. The van der Waals surface area contributed by atoms with Gasteiger partial charge in [-0.25, -0.2) is 4.98 Å². The maximum Gasteiger partial charge on any atom is 0.130 e. The molecule has 0 N–H and O–H groups in total. The maximum absolute atomic E-state index is 6.14. The normalized spacial score (nSPS) is 14.5. The molecule has 1 aliphatic heterocycles. The van der Waals surface area contributed by atoms with Gasteiger partial charge < -0.3 is 14.4 Å². The first-order chi connectivity index (χ1) is 12.7. The number of hydrogen-bond donors (Lipinski definition) is 0. The van der Waals surface area contributed by atoms with Gasteiger partial charge in [0.05, 0.1) is 28.8 Å². The number of benzene rings is 2. The molecule has 1 saturated heterocycles. The average molecular weight is 366 g/mol. The first-order valence-corrected chi connectivity index (χ1v) is 9.66. The van der Waals surface area contributed by atoms with Gasteiger partial charge in [0.25, 0.3) is 0 Å². The zero-order chi connectivity index (χ0) is 17.9. The third-order valence-corrected chi connectivity index (χ3v) is 5.53. The Bertz CT molecular complexity index is 886. The van der Waals surface area contributed by atoms with Gasteiger partial charge in [0.1, 0.15) is 11.5 Å². The molecule has 2 aromatic carbocycles. The lowest BCUT2D eigenvalue weighted by Crippen LogP contribution is -2.36. The summed E-state index contributed by atoms with van der Waals surface area (Å²) in [5.41, 5.74) is 3.39. The van der Waals surface area contributed by atoms with E-state index in [0.29, 0.717) is 0 Å². The zero-order valence-corrected chi connectivity index (χ0v) is 15.9. The van der Waals surface area contributed by atoms with Crippen molar-refractivity contribution in [2.45, 2.75) is 13.8 Å². The summed E-state index contributed by atoms with van der Waals surface area (Å²) in [7, 11) is 0. The van der Waals surface area contributed by atoms with E-state index in [9.17, 15) is 0 Å². The number of hydrogen-bond acceptors (Lipinski definition) is 5. The van der Waals surface area contributed by atoms with Gasteiger partial charge in [0.2, 0.25) is 0 Å². The second kappa shape index (κ2) is 7.48. The molecule has 0 aliphatic carbocycles. The van der Waals surface area contributed by atoms with E-state index in [0.717, 1.165) is 54.1 Å². The summed E-state index contributed by atoms with van der Waals surface area (Å²) in [5, 5.41) is 1.08. The van der Waals surface area contributed by atoms with E-state index in [1.54, 1.807) is 11.3 Å². The van der Waals surface area contributed by atoms with Crippen LogP contribution in [0.1, 0.15) is 10.7 Å². The molecular formula is C21H22N2O2S. The highest BCUT2D eigenvalue weighted by Gasteiger charge is 2.16. The van der Waals surface area contributed by atoms with E-state index in [1.807, 2.05) is 37.3 Å². The first-order valence-electron chi connectivity index (χ1n) is 8.84. The van der Waals surface area contributed by atoms with E-state index >= 15 is 0 Å². The molecule has 134 valence electrons. The van der Waals surface area contributed by atoms with Crippen molar-refractivity contribution in [3.63, 3.8) is 0 Å². The van der Waals surface area contributed by atoms with Crippen LogP contribution in [0.4, 0.5) is 5.69 Å². The summed E-state index contributed by atoms with van der Waals surface area (Å²) in [6, 6.07) is 16.4. The van der Waals surface area contributed by atoms with E-state index < -0.39 is 0 Å². The van der Waals surface area contributed by atoms with E-state index in [4.69, 9.17) is 9.47 Å². The predicted octanol–water partition coefficient (Wildman–Crippen LogP) is 5.06. The summed E-state index contributed by atoms with van der Waals surface area (Å²) in [6.45, 7) is 7.44. The Labute approximate surface area is 158 Å². The lowest BCUT2D eigenvalue weighted by molar-refractivity contribution is 0.122. The zero-order valence-electron chi connectivity index (χ0n) is 15.1. The summed E-state index contributed by atoms with van der Waals surface area (Å²) >= 11 is 1.73. The van der Waals surface area contributed by atoms with Gasteiger partial charge in [-0.05, 0) is 43.7 Å². The Morgan fingerprint density at radius 1 is 1.00 bits per heavy atom. The number of para-hydroxylation sites is 1. The Kier molecular flexibility index (Phi) is 4.91. The molecule has 0 radical (unpaired) electrons. The van der Waals surface area contributed by atoms with Crippen molar-refractivity contribution in [3.8, 4) is 21.9 Å². The Morgan fingerprint density at radius 3 is 2.46 bits per heavy atom. The minimum Gasteiger partial charge on any atom is -0.457 e. The van der Waals surface area contributed by atoms with Crippen molar-refractivity contribution in [2.75, 3.05) is 31.2 Å². The maximum atomic E-state index is 6.14. The quantitative estimate of drug-likeness (QED) is 0.647. The molecule has 1 aliphatic rings. The average Bonchev–Trinajstić information content (AvgIpc) is 3.01. The number of ether oxygens (including phenoxy) is 2. The Hall–Kier alpha value is -2.37. The number of aryl methyl sites for hydroxylation is 2. The number of nitrogens with zero attached hydrogens (tertiary/aromatic N) is 2. The monoisotopic (exact) mass is 366 g/mol. The Morgan fingerprint density at radius 2 is 1.77 bits per heavy atom. The fourth-order valence-electron chi connectivity index (χ4n) is 3.20. The van der Waals surface area contributed by atoms with Crippen molar-refractivity contribution in [1.29, 1.82) is 0 Å². The van der Waals surface area contributed by atoms with Gasteiger partial charge in [0, 0.05) is 24.8 Å². The van der Waals surface area contributed by atoms with Crippen molar-refractivity contribution >= 4 is 17.0 Å². The van der Waals surface area contributed by atoms with Crippen LogP contribution >= 0.6 is 11.3 Å². The molecule has 5 heteroatoms. The highest BCUT2D eigenvalue weighted by Crippen LogP contribution is 2.37. The van der Waals surface area contributed by atoms with Crippen LogP contribution in [0.5, 0.6) is 11.5 Å². The highest BCUT2D eigenvalue weighted by molar-refractivity contribution is 7.15. The summed E-state index contributed by atoms with van der Waals surface area (Å²) in [4.78, 5) is 8.15. The van der Waals surface area contributed by atoms with Gasteiger partial charge >= 0.3 is 0 Å². The molecule has 0 saturated carbocycles. The number of thiazole rings is 1. The number of aromatic nitrogens is 1. The van der Waals surface area contributed by atoms with E-state index in [1.165, 1.54) is 10.6 Å². The molecule has 0 spiro atoms. The molecule has 2 heterocycles.